The van der Waals surface area contributed by atoms with Gasteiger partial charge in [-0.05, 0) is 55.3 Å². The summed E-state index contributed by atoms with van der Waals surface area (Å²) in [6, 6.07) is 6.66. The fourth-order valence-corrected chi connectivity index (χ4v) is 3.79. The van der Waals surface area contributed by atoms with Crippen molar-refractivity contribution in [3.05, 3.63) is 34.7 Å². The summed E-state index contributed by atoms with van der Waals surface area (Å²) in [5.41, 5.74) is 0.839. The molecule has 2 aliphatic heterocycles. The van der Waals surface area contributed by atoms with Crippen molar-refractivity contribution in [2.75, 3.05) is 19.7 Å². The molecule has 2 aliphatic rings. The summed E-state index contributed by atoms with van der Waals surface area (Å²) in [5, 5.41) is 10.0. The van der Waals surface area contributed by atoms with Crippen molar-refractivity contribution in [3.63, 3.8) is 0 Å². The number of hydrogen-bond donors (Lipinski definition) is 1. The van der Waals surface area contributed by atoms with E-state index in [2.05, 4.69) is 9.89 Å². The van der Waals surface area contributed by atoms with Crippen LogP contribution in [0.2, 0.25) is 0 Å². The topological polar surface area (TPSA) is 79.2 Å². The van der Waals surface area contributed by atoms with E-state index in [-0.39, 0.29) is 23.5 Å². The summed E-state index contributed by atoms with van der Waals surface area (Å²) in [4.78, 5) is 30.7. The largest absolute Gasteiger partial charge is 0.508 e. The van der Waals surface area contributed by atoms with Gasteiger partial charge >= 0.3 is 5.97 Å². The number of aliphatic imine (C=N–C) groups is 1. The molecule has 6 nitrogen and oxygen atoms in total. The molecular formula is C18H20N2O4S. The van der Waals surface area contributed by atoms with Crippen LogP contribution in [0.5, 0.6) is 5.75 Å². The maximum absolute atomic E-state index is 12.1. The minimum Gasteiger partial charge on any atom is -0.508 e. The molecule has 7 heteroatoms. The number of piperidine rings is 1. The van der Waals surface area contributed by atoms with Gasteiger partial charge in [0.25, 0.3) is 5.91 Å². The number of benzene rings is 1. The van der Waals surface area contributed by atoms with Crippen LogP contribution >= 0.6 is 11.8 Å². The van der Waals surface area contributed by atoms with Crippen LogP contribution in [0, 0.1) is 5.92 Å². The number of amidine groups is 1. The smallest absolute Gasteiger partial charge is 0.309 e. The maximum Gasteiger partial charge on any atom is 0.309 e. The number of ether oxygens (including phenoxy) is 1. The zero-order chi connectivity index (χ0) is 17.8. The SMILES string of the molecule is CCOC(=O)C1CCN(C2=NC(=O)/C(=C/c3ccc(O)cc3)S2)CC1. The van der Waals surface area contributed by atoms with E-state index in [1.54, 1.807) is 30.3 Å². The molecule has 1 fully saturated rings. The van der Waals surface area contributed by atoms with Crippen LogP contribution in [0.1, 0.15) is 25.3 Å². The quantitative estimate of drug-likeness (QED) is 0.659. The van der Waals surface area contributed by atoms with Gasteiger partial charge in [-0.3, -0.25) is 9.59 Å². The highest BCUT2D eigenvalue weighted by atomic mass is 32.2. The van der Waals surface area contributed by atoms with E-state index in [1.165, 1.54) is 11.8 Å². The second-order valence-electron chi connectivity index (χ2n) is 5.92. The van der Waals surface area contributed by atoms with E-state index in [9.17, 15) is 14.7 Å². The number of aromatic hydroxyl groups is 1. The Morgan fingerprint density at radius 2 is 2.04 bits per heavy atom. The number of rotatable bonds is 3. The second-order valence-corrected chi connectivity index (χ2v) is 6.92. The molecular weight excluding hydrogens is 340 g/mol. The molecule has 1 amide bonds. The van der Waals surface area contributed by atoms with Crippen molar-refractivity contribution in [1.29, 1.82) is 0 Å². The number of likely N-dealkylation sites (tertiary alicyclic amines) is 1. The first-order valence-corrected chi connectivity index (χ1v) is 9.11. The molecule has 1 aromatic rings. The lowest BCUT2D eigenvalue weighted by Gasteiger charge is -2.31. The molecule has 1 saturated heterocycles. The summed E-state index contributed by atoms with van der Waals surface area (Å²) in [6.45, 7) is 3.59. The van der Waals surface area contributed by atoms with Crippen LogP contribution in [0.15, 0.2) is 34.2 Å². The Bertz CT molecular complexity index is 719. The molecule has 0 radical (unpaired) electrons. The molecule has 0 aliphatic carbocycles. The van der Waals surface area contributed by atoms with Crippen LogP contribution in [0.4, 0.5) is 0 Å². The lowest BCUT2D eigenvalue weighted by Crippen LogP contribution is -2.39. The molecule has 25 heavy (non-hydrogen) atoms. The summed E-state index contributed by atoms with van der Waals surface area (Å²) >= 11 is 1.35. The van der Waals surface area contributed by atoms with Gasteiger partial charge in [0.05, 0.1) is 17.4 Å². The number of phenols is 1. The normalized spacial score (nSPS) is 20.0. The van der Waals surface area contributed by atoms with Crippen molar-refractivity contribution in [2.24, 2.45) is 10.9 Å². The first-order chi connectivity index (χ1) is 12.1. The van der Waals surface area contributed by atoms with Crippen molar-refractivity contribution < 1.29 is 19.4 Å². The summed E-state index contributed by atoms with van der Waals surface area (Å²) in [7, 11) is 0. The third-order valence-corrected chi connectivity index (χ3v) is 5.23. The van der Waals surface area contributed by atoms with Gasteiger partial charge in [0.2, 0.25) is 0 Å². The molecule has 3 rings (SSSR count). The van der Waals surface area contributed by atoms with Gasteiger partial charge < -0.3 is 14.7 Å². The Kier molecular flexibility index (Phi) is 5.43. The zero-order valence-electron chi connectivity index (χ0n) is 14.0. The Labute approximate surface area is 150 Å². The van der Waals surface area contributed by atoms with Crippen molar-refractivity contribution in [1.82, 2.24) is 4.90 Å². The molecule has 0 spiro atoms. The monoisotopic (exact) mass is 360 g/mol. The van der Waals surface area contributed by atoms with Gasteiger partial charge in [-0.1, -0.05) is 12.1 Å². The molecule has 0 saturated carbocycles. The van der Waals surface area contributed by atoms with Crippen molar-refractivity contribution in [3.8, 4) is 5.75 Å². The number of carbonyl (C=O) groups is 2. The van der Waals surface area contributed by atoms with Gasteiger partial charge in [-0.25, -0.2) is 0 Å². The fourth-order valence-electron chi connectivity index (χ4n) is 2.82. The highest BCUT2D eigenvalue weighted by molar-refractivity contribution is 8.18. The van der Waals surface area contributed by atoms with Crippen LogP contribution in [-0.2, 0) is 14.3 Å². The van der Waals surface area contributed by atoms with E-state index in [0.29, 0.717) is 42.6 Å². The average molecular weight is 360 g/mol. The van der Waals surface area contributed by atoms with E-state index in [1.807, 2.05) is 6.92 Å². The number of phenolic OH excluding ortho intramolecular Hbond substituents is 1. The van der Waals surface area contributed by atoms with E-state index in [4.69, 9.17) is 4.74 Å². The van der Waals surface area contributed by atoms with E-state index >= 15 is 0 Å². The number of thioether (sulfide) groups is 1. The highest BCUT2D eigenvalue weighted by Crippen LogP contribution is 2.32. The first-order valence-electron chi connectivity index (χ1n) is 8.30. The Morgan fingerprint density at radius 3 is 2.68 bits per heavy atom. The molecule has 2 heterocycles. The number of carbonyl (C=O) groups excluding carboxylic acids is 2. The summed E-state index contributed by atoms with van der Waals surface area (Å²) < 4.78 is 5.08. The Balaban J connectivity index is 1.60. The molecule has 132 valence electrons. The van der Waals surface area contributed by atoms with Crippen LogP contribution < -0.4 is 0 Å². The maximum atomic E-state index is 12.1. The minimum atomic E-state index is -0.249. The molecule has 0 unspecified atom stereocenters. The molecule has 1 N–H and O–H groups in total. The van der Waals surface area contributed by atoms with Gasteiger partial charge in [-0.15, -0.1) is 0 Å². The van der Waals surface area contributed by atoms with E-state index < -0.39 is 0 Å². The Morgan fingerprint density at radius 1 is 1.36 bits per heavy atom. The van der Waals surface area contributed by atoms with Crippen molar-refractivity contribution >= 4 is 34.9 Å². The lowest BCUT2D eigenvalue weighted by atomic mass is 9.97. The zero-order valence-corrected chi connectivity index (χ0v) is 14.8. The molecule has 1 aromatic carbocycles. The second kappa shape index (κ2) is 7.74. The van der Waals surface area contributed by atoms with Gasteiger partial charge in [0.1, 0.15) is 5.75 Å². The average Bonchev–Trinajstić information content (AvgIpc) is 2.98. The fraction of sp³-hybridized carbons (Fsp3) is 0.389. The summed E-state index contributed by atoms with van der Waals surface area (Å²) in [6.07, 6.45) is 3.20. The summed E-state index contributed by atoms with van der Waals surface area (Å²) in [5.74, 6) is -0.257. The van der Waals surface area contributed by atoms with Gasteiger partial charge in [0, 0.05) is 13.1 Å². The number of esters is 1. The van der Waals surface area contributed by atoms with Gasteiger partial charge in [-0.2, -0.15) is 4.99 Å². The predicted octanol–water partition coefficient (Wildman–Crippen LogP) is 2.64. The first kappa shape index (κ1) is 17.5. The van der Waals surface area contributed by atoms with Gasteiger partial charge in [0.15, 0.2) is 5.17 Å². The third kappa shape index (κ3) is 4.22. The molecule has 0 aromatic heterocycles. The van der Waals surface area contributed by atoms with Crippen LogP contribution in [-0.4, -0.2) is 46.7 Å². The highest BCUT2D eigenvalue weighted by Gasteiger charge is 2.31. The predicted molar refractivity (Wildman–Crippen MR) is 97.0 cm³/mol. The Hall–Kier alpha value is -2.28. The van der Waals surface area contributed by atoms with Crippen molar-refractivity contribution in [2.45, 2.75) is 19.8 Å². The third-order valence-electron chi connectivity index (χ3n) is 4.19. The minimum absolute atomic E-state index is 0.0640. The molecule has 0 atom stereocenters. The van der Waals surface area contributed by atoms with Crippen LogP contribution in [0.25, 0.3) is 6.08 Å². The number of hydrogen-bond acceptors (Lipinski definition) is 6. The van der Waals surface area contributed by atoms with Crippen LogP contribution in [0.3, 0.4) is 0 Å². The van der Waals surface area contributed by atoms with E-state index in [0.717, 1.165) is 5.56 Å². The molecule has 0 bridgehead atoms. The lowest BCUT2D eigenvalue weighted by molar-refractivity contribution is -0.149. The number of amides is 1. The standard InChI is InChI=1S/C18H20N2O4S/c1-2-24-17(23)13-7-9-20(10-8-13)18-19-16(22)15(25-18)11-12-3-5-14(21)6-4-12/h3-6,11,13,21H,2,7-10H2,1H3/b15-11-. The number of nitrogens with zero attached hydrogens (tertiary/aromatic N) is 2.